The van der Waals surface area contributed by atoms with Crippen LogP contribution in [-0.4, -0.2) is 53.0 Å². The Morgan fingerprint density at radius 2 is 1.93 bits per heavy atom. The first-order valence-electron chi connectivity index (χ1n) is 9.28. The summed E-state index contributed by atoms with van der Waals surface area (Å²) < 4.78 is 12.2. The molecule has 10 heteroatoms. The molecule has 1 aromatic heterocycles. The third-order valence-corrected chi connectivity index (χ3v) is 5.00. The molecular formula is C20H22N4O5S. The first-order valence-corrected chi connectivity index (χ1v) is 10.5. The van der Waals surface area contributed by atoms with E-state index in [0.29, 0.717) is 5.16 Å². The Hall–Kier alpha value is -3.27. The smallest absolute Gasteiger partial charge is 0.357 e. The zero-order valence-corrected chi connectivity index (χ0v) is 17.6. The number of hydrogen-bond acceptors (Lipinski definition) is 7. The standard InChI is InChI=1S/C20H22N4O5S/c1-4-28-18(26)16-12(2)22-19(27)23-14(16)11-29-17(25)15-10-21-20(30-3)24(15)13-8-6-5-7-9-13/h5-10,12H,4,11H2,1-3H3,(H2,22,23,27)/t12-/m1/s1. The van der Waals surface area contributed by atoms with Gasteiger partial charge in [-0.25, -0.2) is 19.4 Å². The third-order valence-electron chi connectivity index (χ3n) is 4.35. The molecule has 0 saturated heterocycles. The van der Waals surface area contributed by atoms with Gasteiger partial charge < -0.3 is 20.1 Å². The largest absolute Gasteiger partial charge is 0.463 e. The van der Waals surface area contributed by atoms with Crippen molar-refractivity contribution in [3.05, 3.63) is 53.5 Å². The van der Waals surface area contributed by atoms with Gasteiger partial charge in [0.1, 0.15) is 6.61 Å². The van der Waals surface area contributed by atoms with E-state index in [9.17, 15) is 14.4 Å². The molecule has 0 radical (unpaired) electrons. The lowest BCUT2D eigenvalue weighted by Gasteiger charge is -2.26. The fraction of sp³-hybridized carbons (Fsp3) is 0.300. The zero-order valence-electron chi connectivity index (χ0n) is 16.8. The number of carbonyl (C=O) groups excluding carboxylic acids is 3. The van der Waals surface area contributed by atoms with Crippen LogP contribution in [0.15, 0.2) is 53.0 Å². The minimum Gasteiger partial charge on any atom is -0.463 e. The molecule has 0 fully saturated rings. The van der Waals surface area contributed by atoms with E-state index in [-0.39, 0.29) is 30.2 Å². The Morgan fingerprint density at radius 1 is 1.20 bits per heavy atom. The number of carbonyl (C=O) groups is 3. The summed E-state index contributed by atoms with van der Waals surface area (Å²) >= 11 is 1.39. The molecule has 158 valence electrons. The van der Waals surface area contributed by atoms with Gasteiger partial charge in [0.2, 0.25) is 0 Å². The predicted octanol–water partition coefficient (Wildman–Crippen LogP) is 2.27. The van der Waals surface area contributed by atoms with Crippen LogP contribution in [0, 0.1) is 0 Å². The summed E-state index contributed by atoms with van der Waals surface area (Å²) in [5.74, 6) is -1.22. The van der Waals surface area contributed by atoms with Crippen molar-refractivity contribution in [1.82, 2.24) is 20.2 Å². The van der Waals surface area contributed by atoms with E-state index < -0.39 is 24.0 Å². The second-order valence-corrected chi connectivity index (χ2v) is 7.08. The second-order valence-electron chi connectivity index (χ2n) is 6.31. The van der Waals surface area contributed by atoms with Crippen molar-refractivity contribution in [3.63, 3.8) is 0 Å². The van der Waals surface area contributed by atoms with Crippen LogP contribution in [0.5, 0.6) is 0 Å². The van der Waals surface area contributed by atoms with E-state index in [4.69, 9.17) is 9.47 Å². The highest BCUT2D eigenvalue weighted by molar-refractivity contribution is 7.98. The van der Waals surface area contributed by atoms with Crippen molar-refractivity contribution in [1.29, 1.82) is 0 Å². The number of ether oxygens (including phenoxy) is 2. The van der Waals surface area contributed by atoms with Crippen LogP contribution in [0.4, 0.5) is 4.79 Å². The molecule has 3 rings (SSSR count). The molecule has 30 heavy (non-hydrogen) atoms. The van der Waals surface area contributed by atoms with Crippen LogP contribution in [0.25, 0.3) is 5.69 Å². The molecule has 0 bridgehead atoms. The van der Waals surface area contributed by atoms with Crippen molar-refractivity contribution >= 4 is 29.7 Å². The first kappa shape index (κ1) is 21.4. The number of rotatable bonds is 7. The maximum absolute atomic E-state index is 12.8. The van der Waals surface area contributed by atoms with E-state index >= 15 is 0 Å². The molecule has 1 atom stereocenters. The van der Waals surface area contributed by atoms with E-state index in [1.54, 1.807) is 18.4 Å². The van der Waals surface area contributed by atoms with Gasteiger partial charge in [-0.1, -0.05) is 30.0 Å². The monoisotopic (exact) mass is 430 g/mol. The van der Waals surface area contributed by atoms with Gasteiger partial charge in [-0.05, 0) is 32.2 Å². The number of urea groups is 1. The summed E-state index contributed by atoms with van der Waals surface area (Å²) in [5.41, 5.74) is 1.40. The van der Waals surface area contributed by atoms with Crippen molar-refractivity contribution < 1.29 is 23.9 Å². The van der Waals surface area contributed by atoms with E-state index in [1.807, 2.05) is 36.6 Å². The fourth-order valence-corrected chi connectivity index (χ4v) is 3.60. The lowest BCUT2D eigenvalue weighted by atomic mass is 10.0. The van der Waals surface area contributed by atoms with Gasteiger partial charge in [0, 0.05) is 5.69 Å². The molecule has 2 amide bonds. The molecule has 0 aliphatic carbocycles. The van der Waals surface area contributed by atoms with Gasteiger partial charge in [0.15, 0.2) is 10.9 Å². The van der Waals surface area contributed by atoms with Crippen LogP contribution >= 0.6 is 11.8 Å². The van der Waals surface area contributed by atoms with Crippen molar-refractivity contribution in [2.45, 2.75) is 25.0 Å². The van der Waals surface area contributed by atoms with Crippen LogP contribution in [0.2, 0.25) is 0 Å². The Morgan fingerprint density at radius 3 is 2.60 bits per heavy atom. The van der Waals surface area contributed by atoms with Crippen LogP contribution in [0.3, 0.4) is 0 Å². The number of hydrogen-bond donors (Lipinski definition) is 2. The Bertz CT molecular complexity index is 986. The number of aromatic nitrogens is 2. The Balaban J connectivity index is 1.86. The highest BCUT2D eigenvalue weighted by atomic mass is 32.2. The average molecular weight is 430 g/mol. The van der Waals surface area contributed by atoms with Crippen LogP contribution < -0.4 is 10.6 Å². The van der Waals surface area contributed by atoms with Gasteiger partial charge in [-0.15, -0.1) is 0 Å². The zero-order chi connectivity index (χ0) is 21.7. The summed E-state index contributed by atoms with van der Waals surface area (Å²) in [5, 5.41) is 5.75. The molecule has 2 N–H and O–H groups in total. The number of nitrogens with zero attached hydrogens (tertiary/aromatic N) is 2. The molecule has 0 saturated carbocycles. The number of amides is 2. The van der Waals surface area contributed by atoms with Crippen molar-refractivity contribution in [2.75, 3.05) is 19.5 Å². The van der Waals surface area contributed by atoms with E-state index in [0.717, 1.165) is 5.69 Å². The normalized spacial score (nSPS) is 16.0. The van der Waals surface area contributed by atoms with Crippen LogP contribution in [-0.2, 0) is 14.3 Å². The molecular weight excluding hydrogens is 408 g/mol. The number of esters is 2. The molecule has 2 heterocycles. The van der Waals surface area contributed by atoms with Crippen LogP contribution in [0.1, 0.15) is 24.3 Å². The molecule has 0 spiro atoms. The lowest BCUT2D eigenvalue weighted by molar-refractivity contribution is -0.139. The summed E-state index contributed by atoms with van der Waals surface area (Å²) in [6.07, 6.45) is 3.30. The molecule has 9 nitrogen and oxygen atoms in total. The first-order chi connectivity index (χ1) is 14.5. The Kier molecular flexibility index (Phi) is 6.78. The molecule has 0 unspecified atom stereocenters. The van der Waals surface area contributed by atoms with Gasteiger partial charge in [-0.2, -0.15) is 0 Å². The maximum Gasteiger partial charge on any atom is 0.357 e. The summed E-state index contributed by atoms with van der Waals surface area (Å²) in [6.45, 7) is 3.23. The van der Waals surface area contributed by atoms with Gasteiger partial charge in [-0.3, -0.25) is 4.57 Å². The van der Waals surface area contributed by atoms with Gasteiger partial charge in [0.25, 0.3) is 0 Å². The highest BCUT2D eigenvalue weighted by Crippen LogP contribution is 2.22. The van der Waals surface area contributed by atoms with Crippen molar-refractivity contribution in [3.8, 4) is 5.69 Å². The maximum atomic E-state index is 12.8. The number of nitrogens with one attached hydrogen (secondary N) is 2. The summed E-state index contributed by atoms with van der Waals surface area (Å²) in [7, 11) is 0. The molecule has 2 aromatic rings. The molecule has 1 aromatic carbocycles. The number of para-hydroxylation sites is 1. The minimum atomic E-state index is -0.636. The van der Waals surface area contributed by atoms with E-state index in [2.05, 4.69) is 15.6 Å². The highest BCUT2D eigenvalue weighted by Gasteiger charge is 2.30. The summed E-state index contributed by atoms with van der Waals surface area (Å²) in [4.78, 5) is 41.2. The second kappa shape index (κ2) is 9.49. The number of thioether (sulfide) groups is 1. The minimum absolute atomic E-state index is 0.184. The van der Waals surface area contributed by atoms with E-state index in [1.165, 1.54) is 18.0 Å². The topological polar surface area (TPSA) is 112 Å². The lowest BCUT2D eigenvalue weighted by Crippen LogP contribution is -2.50. The number of benzene rings is 1. The number of imidazole rings is 1. The van der Waals surface area contributed by atoms with Gasteiger partial charge >= 0.3 is 18.0 Å². The molecule has 1 aliphatic heterocycles. The Labute approximate surface area is 177 Å². The average Bonchev–Trinajstić information content (AvgIpc) is 3.16. The third kappa shape index (κ3) is 4.48. The van der Waals surface area contributed by atoms with Gasteiger partial charge in [0.05, 0.1) is 30.1 Å². The van der Waals surface area contributed by atoms with Crippen molar-refractivity contribution in [2.24, 2.45) is 0 Å². The molecule has 1 aliphatic rings. The summed E-state index contributed by atoms with van der Waals surface area (Å²) in [6, 6.07) is 8.24. The predicted molar refractivity (Wildman–Crippen MR) is 110 cm³/mol. The quantitative estimate of drug-likeness (QED) is 0.512. The SMILES string of the molecule is CCOC(=O)C1=C(COC(=O)c2cnc(SC)n2-c2ccccc2)NC(=O)N[C@@H]1C. The fourth-order valence-electron chi connectivity index (χ4n) is 3.05.